The second-order valence-corrected chi connectivity index (χ2v) is 4.17. The van der Waals surface area contributed by atoms with Crippen molar-refractivity contribution in [3.8, 4) is 0 Å². The molecule has 0 spiro atoms. The Kier molecular flexibility index (Phi) is 3.36. The van der Waals surface area contributed by atoms with Crippen LogP contribution >= 0.6 is 0 Å². The third-order valence-electron chi connectivity index (χ3n) is 2.73. The Morgan fingerprint density at radius 3 is 2.80 bits per heavy atom. The first-order valence-corrected chi connectivity index (χ1v) is 5.91. The molecule has 1 heterocycles. The SMILES string of the molecule is CCCNC(CC)c1nnc(C2CC2)o1. The topological polar surface area (TPSA) is 51.0 Å². The van der Waals surface area contributed by atoms with Crippen molar-refractivity contribution in [1.82, 2.24) is 15.5 Å². The van der Waals surface area contributed by atoms with Crippen LogP contribution in [-0.2, 0) is 0 Å². The summed E-state index contributed by atoms with van der Waals surface area (Å²) in [5.74, 6) is 2.14. The summed E-state index contributed by atoms with van der Waals surface area (Å²) >= 11 is 0. The van der Waals surface area contributed by atoms with Gasteiger partial charge in [0.25, 0.3) is 0 Å². The lowest BCUT2D eigenvalue weighted by Gasteiger charge is -2.11. The monoisotopic (exact) mass is 209 g/mol. The van der Waals surface area contributed by atoms with Crippen LogP contribution in [0.4, 0.5) is 0 Å². The van der Waals surface area contributed by atoms with E-state index in [2.05, 4.69) is 29.4 Å². The van der Waals surface area contributed by atoms with E-state index in [4.69, 9.17) is 4.42 Å². The highest BCUT2D eigenvalue weighted by atomic mass is 16.4. The smallest absolute Gasteiger partial charge is 0.233 e. The second kappa shape index (κ2) is 4.75. The van der Waals surface area contributed by atoms with Crippen LogP contribution in [0.5, 0.6) is 0 Å². The first kappa shape index (κ1) is 10.6. The molecule has 1 unspecified atom stereocenters. The first-order valence-electron chi connectivity index (χ1n) is 5.91. The molecule has 0 aliphatic heterocycles. The van der Waals surface area contributed by atoms with Gasteiger partial charge in [0.1, 0.15) is 0 Å². The summed E-state index contributed by atoms with van der Waals surface area (Å²) in [5, 5.41) is 11.6. The van der Waals surface area contributed by atoms with E-state index < -0.39 is 0 Å². The van der Waals surface area contributed by atoms with Crippen molar-refractivity contribution in [2.24, 2.45) is 0 Å². The van der Waals surface area contributed by atoms with E-state index in [1.54, 1.807) is 0 Å². The zero-order valence-electron chi connectivity index (χ0n) is 9.49. The first-order chi connectivity index (χ1) is 7.35. The maximum atomic E-state index is 5.67. The molecular formula is C11H19N3O. The molecule has 1 aromatic rings. The van der Waals surface area contributed by atoms with Crippen molar-refractivity contribution < 1.29 is 4.42 Å². The maximum absolute atomic E-state index is 5.67. The van der Waals surface area contributed by atoms with Crippen molar-refractivity contribution in [3.63, 3.8) is 0 Å². The number of nitrogens with zero attached hydrogens (tertiary/aromatic N) is 2. The molecule has 0 radical (unpaired) electrons. The third kappa shape index (κ3) is 2.56. The highest BCUT2D eigenvalue weighted by molar-refractivity contribution is 5.01. The van der Waals surface area contributed by atoms with Gasteiger partial charge in [-0.05, 0) is 32.2 Å². The normalized spacial score (nSPS) is 18.0. The van der Waals surface area contributed by atoms with Gasteiger partial charge in [0.05, 0.1) is 6.04 Å². The minimum atomic E-state index is 0.227. The van der Waals surface area contributed by atoms with Gasteiger partial charge in [0.15, 0.2) is 0 Å². The van der Waals surface area contributed by atoms with Gasteiger partial charge in [-0.2, -0.15) is 0 Å². The van der Waals surface area contributed by atoms with E-state index in [0.29, 0.717) is 5.92 Å². The van der Waals surface area contributed by atoms with Gasteiger partial charge in [-0.3, -0.25) is 0 Å². The lowest BCUT2D eigenvalue weighted by atomic mass is 10.2. The van der Waals surface area contributed by atoms with Crippen LogP contribution < -0.4 is 5.32 Å². The van der Waals surface area contributed by atoms with E-state index in [0.717, 1.165) is 31.2 Å². The molecule has 0 bridgehead atoms. The zero-order chi connectivity index (χ0) is 10.7. The summed E-state index contributed by atoms with van der Waals surface area (Å²) < 4.78 is 5.67. The van der Waals surface area contributed by atoms with Crippen LogP contribution in [0.25, 0.3) is 0 Å². The summed E-state index contributed by atoms with van der Waals surface area (Å²) in [4.78, 5) is 0. The van der Waals surface area contributed by atoms with Crippen LogP contribution in [-0.4, -0.2) is 16.7 Å². The van der Waals surface area contributed by atoms with Gasteiger partial charge in [-0.1, -0.05) is 13.8 Å². The van der Waals surface area contributed by atoms with E-state index in [-0.39, 0.29) is 6.04 Å². The third-order valence-corrected chi connectivity index (χ3v) is 2.73. The van der Waals surface area contributed by atoms with E-state index in [1.165, 1.54) is 12.8 Å². The van der Waals surface area contributed by atoms with Crippen LogP contribution in [0.1, 0.15) is 63.3 Å². The van der Waals surface area contributed by atoms with Gasteiger partial charge >= 0.3 is 0 Å². The predicted molar refractivity (Wildman–Crippen MR) is 57.6 cm³/mol. The molecule has 4 heteroatoms. The minimum Gasteiger partial charge on any atom is -0.423 e. The van der Waals surface area contributed by atoms with Crippen LogP contribution in [0.15, 0.2) is 4.42 Å². The maximum Gasteiger partial charge on any atom is 0.233 e. The van der Waals surface area contributed by atoms with Crippen molar-refractivity contribution in [1.29, 1.82) is 0 Å². The zero-order valence-corrected chi connectivity index (χ0v) is 9.49. The van der Waals surface area contributed by atoms with Crippen molar-refractivity contribution in [2.75, 3.05) is 6.54 Å². The Hall–Kier alpha value is -0.900. The molecule has 4 nitrogen and oxygen atoms in total. The van der Waals surface area contributed by atoms with Crippen molar-refractivity contribution >= 4 is 0 Å². The van der Waals surface area contributed by atoms with E-state index >= 15 is 0 Å². The van der Waals surface area contributed by atoms with Gasteiger partial charge in [0, 0.05) is 5.92 Å². The Labute approximate surface area is 90.5 Å². The van der Waals surface area contributed by atoms with Gasteiger partial charge in [-0.25, -0.2) is 0 Å². The summed E-state index contributed by atoms with van der Waals surface area (Å²) in [6.45, 7) is 5.29. The Bertz CT molecular complexity index is 307. The molecule has 2 rings (SSSR count). The second-order valence-electron chi connectivity index (χ2n) is 4.17. The van der Waals surface area contributed by atoms with E-state index in [1.807, 2.05) is 0 Å². The molecule has 1 fully saturated rings. The van der Waals surface area contributed by atoms with Crippen LogP contribution in [0.3, 0.4) is 0 Å². The standard InChI is InChI=1S/C11H19N3O/c1-3-7-12-9(4-2)11-14-13-10(15-11)8-5-6-8/h8-9,12H,3-7H2,1-2H3. The van der Waals surface area contributed by atoms with Crippen molar-refractivity contribution in [2.45, 2.75) is 51.5 Å². The molecule has 84 valence electrons. The molecule has 0 amide bonds. The molecule has 0 saturated heterocycles. The molecule has 1 aliphatic carbocycles. The Balaban J connectivity index is 1.98. The molecule has 0 aromatic carbocycles. The average molecular weight is 209 g/mol. The van der Waals surface area contributed by atoms with Gasteiger partial charge in [0.2, 0.25) is 11.8 Å². The van der Waals surface area contributed by atoms with Crippen molar-refractivity contribution in [3.05, 3.63) is 11.8 Å². The van der Waals surface area contributed by atoms with Crippen LogP contribution in [0, 0.1) is 0 Å². The molecule has 15 heavy (non-hydrogen) atoms. The molecule has 1 saturated carbocycles. The summed E-state index contributed by atoms with van der Waals surface area (Å²) in [6.07, 6.45) is 4.54. The molecule has 1 N–H and O–H groups in total. The molecular weight excluding hydrogens is 190 g/mol. The fourth-order valence-electron chi connectivity index (χ4n) is 1.61. The van der Waals surface area contributed by atoms with E-state index in [9.17, 15) is 0 Å². The minimum absolute atomic E-state index is 0.227. The van der Waals surface area contributed by atoms with Gasteiger partial charge < -0.3 is 9.73 Å². The van der Waals surface area contributed by atoms with Crippen LogP contribution in [0.2, 0.25) is 0 Å². The van der Waals surface area contributed by atoms with Gasteiger partial charge in [-0.15, -0.1) is 10.2 Å². The number of rotatable bonds is 6. The largest absolute Gasteiger partial charge is 0.423 e. The number of aromatic nitrogens is 2. The number of hydrogen-bond donors (Lipinski definition) is 1. The fourth-order valence-corrected chi connectivity index (χ4v) is 1.61. The lowest BCUT2D eigenvalue weighted by Crippen LogP contribution is -2.21. The summed E-state index contributed by atoms with van der Waals surface area (Å²) in [6, 6.07) is 0.227. The fraction of sp³-hybridized carbons (Fsp3) is 0.818. The highest BCUT2D eigenvalue weighted by Crippen LogP contribution is 2.39. The molecule has 1 atom stereocenters. The number of hydrogen-bond acceptors (Lipinski definition) is 4. The summed E-state index contributed by atoms with van der Waals surface area (Å²) in [7, 11) is 0. The molecule has 1 aliphatic rings. The predicted octanol–water partition coefficient (Wildman–Crippen LogP) is 2.40. The lowest BCUT2D eigenvalue weighted by molar-refractivity contribution is 0.373. The Morgan fingerprint density at radius 2 is 2.20 bits per heavy atom. The Morgan fingerprint density at radius 1 is 1.40 bits per heavy atom. The summed E-state index contributed by atoms with van der Waals surface area (Å²) in [5.41, 5.74) is 0. The highest BCUT2D eigenvalue weighted by Gasteiger charge is 2.30. The average Bonchev–Trinajstić information content (AvgIpc) is 3.00. The quantitative estimate of drug-likeness (QED) is 0.781. The number of nitrogens with one attached hydrogen (secondary N) is 1. The molecule has 1 aromatic heterocycles.